The van der Waals surface area contributed by atoms with Gasteiger partial charge >= 0.3 is 0 Å². The molecule has 1 atom stereocenters. The van der Waals surface area contributed by atoms with Gasteiger partial charge in [-0.2, -0.15) is 0 Å². The van der Waals surface area contributed by atoms with Crippen LogP contribution in [0.5, 0.6) is 0 Å². The number of rotatable bonds is 6. The predicted molar refractivity (Wildman–Crippen MR) is 97.0 cm³/mol. The van der Waals surface area contributed by atoms with Crippen molar-refractivity contribution in [1.82, 2.24) is 15.0 Å². The minimum Gasteiger partial charge on any atom is -0.344 e. The number of nitrogens with zero attached hydrogens (tertiary/aromatic N) is 1. The number of carbonyl (C=O) groups is 1. The van der Waals surface area contributed by atoms with E-state index in [2.05, 4.69) is 15.0 Å². The van der Waals surface area contributed by atoms with E-state index in [4.69, 9.17) is 11.6 Å². The van der Waals surface area contributed by atoms with Crippen molar-refractivity contribution < 1.29 is 13.2 Å². The van der Waals surface area contributed by atoms with Gasteiger partial charge in [0.15, 0.2) is 0 Å². The number of benzene rings is 1. The first-order chi connectivity index (χ1) is 11.7. The Hall–Kier alpha value is -1.96. The molecular formula is C17H20ClN3O3S. The molecule has 0 aliphatic rings. The molecule has 0 radical (unpaired) electrons. The molecule has 8 heteroatoms. The lowest BCUT2D eigenvalue weighted by Gasteiger charge is -2.15. The summed E-state index contributed by atoms with van der Waals surface area (Å²) in [5.74, 6) is -0.468. The summed E-state index contributed by atoms with van der Waals surface area (Å²) in [5, 5.41) is 2.95. The van der Waals surface area contributed by atoms with Crippen molar-refractivity contribution in [2.24, 2.45) is 0 Å². The van der Waals surface area contributed by atoms with E-state index < -0.39 is 15.9 Å². The zero-order valence-corrected chi connectivity index (χ0v) is 15.7. The molecule has 0 saturated heterocycles. The fraction of sp³-hybridized carbons (Fsp3) is 0.294. The highest BCUT2D eigenvalue weighted by atomic mass is 35.5. The average molecular weight is 382 g/mol. The van der Waals surface area contributed by atoms with E-state index in [0.717, 1.165) is 0 Å². The summed E-state index contributed by atoms with van der Waals surface area (Å²) in [6.45, 7) is 5.22. The number of halogens is 1. The molecule has 25 heavy (non-hydrogen) atoms. The Bertz CT molecular complexity index is 855. The quantitative estimate of drug-likeness (QED) is 0.805. The minimum atomic E-state index is -3.71. The fourth-order valence-electron chi connectivity index (χ4n) is 2.20. The molecule has 2 rings (SSSR count). The van der Waals surface area contributed by atoms with Crippen LogP contribution in [-0.4, -0.2) is 25.4 Å². The number of sulfonamides is 1. The molecule has 0 aliphatic carbocycles. The van der Waals surface area contributed by atoms with E-state index in [1.807, 2.05) is 6.07 Å². The topological polar surface area (TPSA) is 88.2 Å². The van der Waals surface area contributed by atoms with E-state index in [1.165, 1.54) is 18.2 Å². The van der Waals surface area contributed by atoms with Gasteiger partial charge in [-0.15, -0.1) is 0 Å². The van der Waals surface area contributed by atoms with Gasteiger partial charge in [-0.25, -0.2) is 13.1 Å². The Labute approximate surface area is 152 Å². The fourth-order valence-corrected chi connectivity index (χ4v) is 3.68. The number of nitrogens with one attached hydrogen (secondary N) is 2. The molecule has 0 saturated carbocycles. The molecular weight excluding hydrogens is 362 g/mol. The van der Waals surface area contributed by atoms with Gasteiger partial charge in [0.05, 0.1) is 27.2 Å². The maximum absolute atomic E-state index is 12.5. The maximum Gasteiger partial charge on any atom is 0.253 e. The Morgan fingerprint density at radius 2 is 1.88 bits per heavy atom. The van der Waals surface area contributed by atoms with Crippen LogP contribution >= 0.6 is 11.6 Å². The predicted octanol–water partition coefficient (Wildman–Crippen LogP) is 2.91. The Kier molecular flexibility index (Phi) is 6.16. The second kappa shape index (κ2) is 7.95. The van der Waals surface area contributed by atoms with Gasteiger partial charge in [0.2, 0.25) is 10.0 Å². The van der Waals surface area contributed by atoms with Crippen molar-refractivity contribution in [2.45, 2.75) is 37.8 Å². The van der Waals surface area contributed by atoms with Crippen molar-refractivity contribution in [3.05, 3.63) is 58.9 Å². The molecule has 2 N–H and O–H groups in total. The largest absolute Gasteiger partial charge is 0.344 e. The zero-order chi connectivity index (χ0) is 18.6. The molecule has 0 aliphatic heterocycles. The van der Waals surface area contributed by atoms with E-state index in [0.29, 0.717) is 5.69 Å². The molecule has 1 amide bonds. The smallest absolute Gasteiger partial charge is 0.253 e. The summed E-state index contributed by atoms with van der Waals surface area (Å²) in [6, 6.07) is 8.82. The summed E-state index contributed by atoms with van der Waals surface area (Å²) in [4.78, 5) is 16.7. The molecule has 0 spiro atoms. The van der Waals surface area contributed by atoms with Gasteiger partial charge in [-0.3, -0.25) is 9.78 Å². The zero-order valence-electron chi connectivity index (χ0n) is 14.2. The summed E-state index contributed by atoms with van der Waals surface area (Å²) in [6.07, 6.45) is 1.63. The van der Waals surface area contributed by atoms with Gasteiger partial charge < -0.3 is 5.32 Å². The first kappa shape index (κ1) is 19.4. The molecule has 1 aromatic carbocycles. The Morgan fingerprint density at radius 3 is 2.48 bits per heavy atom. The monoisotopic (exact) mass is 381 g/mol. The van der Waals surface area contributed by atoms with Gasteiger partial charge in [-0.1, -0.05) is 17.7 Å². The summed E-state index contributed by atoms with van der Waals surface area (Å²) >= 11 is 6.08. The standard InChI is InChI=1S/C17H20ClN3O3S/c1-11(2)21-25(23,24)13-7-8-15(18)14(10-13)17(22)20-12(3)16-6-4-5-9-19-16/h4-12,21H,1-3H3,(H,20,22). The highest BCUT2D eigenvalue weighted by molar-refractivity contribution is 7.89. The van der Waals surface area contributed by atoms with E-state index >= 15 is 0 Å². The molecule has 6 nitrogen and oxygen atoms in total. The minimum absolute atomic E-state index is 0.0127. The van der Waals surface area contributed by atoms with Crippen LogP contribution in [0.1, 0.15) is 42.9 Å². The van der Waals surface area contributed by atoms with Gasteiger partial charge in [0.1, 0.15) is 0 Å². The highest BCUT2D eigenvalue weighted by Crippen LogP contribution is 2.22. The first-order valence-corrected chi connectivity index (χ1v) is 9.60. The SMILES string of the molecule is CC(C)NS(=O)(=O)c1ccc(Cl)c(C(=O)NC(C)c2ccccn2)c1. The number of hydrogen-bond acceptors (Lipinski definition) is 4. The number of aromatic nitrogens is 1. The molecule has 0 bridgehead atoms. The van der Waals surface area contributed by atoms with Crippen LogP contribution in [0.2, 0.25) is 5.02 Å². The van der Waals surface area contributed by atoms with E-state index in [-0.39, 0.29) is 27.6 Å². The lowest BCUT2D eigenvalue weighted by molar-refractivity contribution is 0.0939. The lowest BCUT2D eigenvalue weighted by atomic mass is 10.1. The van der Waals surface area contributed by atoms with E-state index in [1.54, 1.807) is 39.1 Å². The van der Waals surface area contributed by atoms with Crippen molar-refractivity contribution in [3.63, 3.8) is 0 Å². The number of pyridine rings is 1. The third kappa shape index (κ3) is 5.01. The lowest BCUT2D eigenvalue weighted by Crippen LogP contribution is -2.31. The van der Waals surface area contributed by atoms with E-state index in [9.17, 15) is 13.2 Å². The molecule has 2 aromatic rings. The van der Waals surface area contributed by atoms with Crippen LogP contribution in [-0.2, 0) is 10.0 Å². The van der Waals surface area contributed by atoms with Crippen molar-refractivity contribution in [2.75, 3.05) is 0 Å². The Balaban J connectivity index is 2.26. The van der Waals surface area contributed by atoms with Crippen LogP contribution < -0.4 is 10.0 Å². The third-order valence-corrected chi connectivity index (χ3v) is 5.35. The maximum atomic E-state index is 12.5. The molecule has 1 unspecified atom stereocenters. The van der Waals surface area contributed by atoms with Crippen molar-refractivity contribution in [3.8, 4) is 0 Å². The van der Waals surface area contributed by atoms with Gasteiger partial charge in [0, 0.05) is 12.2 Å². The van der Waals surface area contributed by atoms with Crippen LogP contribution in [0.4, 0.5) is 0 Å². The molecule has 134 valence electrons. The third-order valence-electron chi connectivity index (χ3n) is 3.36. The molecule has 1 heterocycles. The second-order valence-corrected chi connectivity index (χ2v) is 7.99. The first-order valence-electron chi connectivity index (χ1n) is 7.74. The van der Waals surface area contributed by atoms with Gasteiger partial charge in [0.25, 0.3) is 5.91 Å². The van der Waals surface area contributed by atoms with Crippen molar-refractivity contribution >= 4 is 27.5 Å². The Morgan fingerprint density at radius 1 is 1.16 bits per heavy atom. The summed E-state index contributed by atoms with van der Waals surface area (Å²) < 4.78 is 27.0. The highest BCUT2D eigenvalue weighted by Gasteiger charge is 2.20. The van der Waals surface area contributed by atoms with Crippen LogP contribution in [0.3, 0.4) is 0 Å². The number of amides is 1. The second-order valence-electron chi connectivity index (χ2n) is 5.87. The molecule has 0 fully saturated rings. The number of carbonyl (C=O) groups excluding carboxylic acids is 1. The van der Waals surface area contributed by atoms with Crippen LogP contribution in [0, 0.1) is 0 Å². The average Bonchev–Trinajstić information content (AvgIpc) is 2.54. The number of hydrogen-bond donors (Lipinski definition) is 2. The summed E-state index contributed by atoms with van der Waals surface area (Å²) in [5.41, 5.74) is 0.785. The summed E-state index contributed by atoms with van der Waals surface area (Å²) in [7, 11) is -3.71. The van der Waals surface area contributed by atoms with Crippen LogP contribution in [0.25, 0.3) is 0 Å². The normalized spacial score (nSPS) is 12.8. The van der Waals surface area contributed by atoms with Crippen molar-refractivity contribution in [1.29, 1.82) is 0 Å². The van der Waals surface area contributed by atoms with Crippen LogP contribution in [0.15, 0.2) is 47.5 Å². The van der Waals surface area contributed by atoms with Gasteiger partial charge in [-0.05, 0) is 51.1 Å². The molecule has 1 aromatic heterocycles.